The second kappa shape index (κ2) is 40.0. The first-order valence-electron chi connectivity index (χ1n) is 39.6. The number of phenolic OH excluding ortho intramolecular Hbond substituents is 2. The monoisotopic (exact) mass is 1740 g/mol. The van der Waals surface area contributed by atoms with Crippen LogP contribution in [0.15, 0.2) is 60.7 Å². The van der Waals surface area contributed by atoms with E-state index in [-0.39, 0.29) is 176 Å². The molecule has 0 radical (unpaired) electrons. The smallest absolute Gasteiger partial charge is 0.310 e. The Morgan fingerprint density at radius 3 is 1.35 bits per heavy atom. The number of hydrogen-bond acceptors (Lipinski definition) is 35. The fourth-order valence-corrected chi connectivity index (χ4v) is 16.3. The van der Waals surface area contributed by atoms with Gasteiger partial charge in [0.1, 0.15) is 36.0 Å². The van der Waals surface area contributed by atoms with Gasteiger partial charge in [0, 0.05) is 64.9 Å². The van der Waals surface area contributed by atoms with E-state index in [4.69, 9.17) is 66.3 Å². The highest BCUT2D eigenvalue weighted by Gasteiger charge is 2.55. The molecule has 4 saturated heterocycles. The number of ketones is 2. The minimum atomic E-state index is -1.93. The molecule has 670 valence electrons. The maximum Gasteiger partial charge on any atom is 0.310 e. The van der Waals surface area contributed by atoms with Crippen LogP contribution >= 0.6 is 0 Å². The van der Waals surface area contributed by atoms with E-state index in [0.717, 1.165) is 0 Å². The molecule has 42 heteroatoms. The molecule has 13 rings (SSSR count). The summed E-state index contributed by atoms with van der Waals surface area (Å²) in [6.45, 7) is 0.535. The maximum atomic E-state index is 13.6. The zero-order valence-corrected chi connectivity index (χ0v) is 68.6. The Morgan fingerprint density at radius 2 is 0.927 bits per heavy atom. The number of carbonyl (C=O) groups excluding carboxylic acids is 11. The minimum Gasteiger partial charge on any atom is -0.502 e. The molecule has 8 aliphatic rings. The number of methoxy groups -OCH3 is 4. The van der Waals surface area contributed by atoms with E-state index in [9.17, 15) is 93.6 Å². The lowest BCUT2D eigenvalue weighted by Gasteiger charge is -2.43. The molecule has 7 amide bonds. The lowest BCUT2D eigenvalue weighted by atomic mass is 9.67. The number of carbonyl (C=O) groups is 11. The summed E-state index contributed by atoms with van der Waals surface area (Å²) in [7, 11) is 8.55. The third kappa shape index (κ3) is 19.9. The highest BCUT2D eigenvalue weighted by atomic mass is 16.8. The van der Waals surface area contributed by atoms with Crippen molar-refractivity contribution >= 4 is 76.2 Å². The fraction of sp³-hybridized carbons (Fsp3) is 0.500. The molecule has 6 heterocycles. The van der Waals surface area contributed by atoms with Crippen molar-refractivity contribution in [2.45, 2.75) is 132 Å². The number of benzene rings is 5. The van der Waals surface area contributed by atoms with E-state index in [2.05, 4.69) is 47.9 Å². The van der Waals surface area contributed by atoms with Crippen LogP contribution in [0.5, 0.6) is 69.0 Å². The third-order valence-electron chi connectivity index (χ3n) is 22.6. The zero-order chi connectivity index (χ0) is 89.2. The molecule has 4 fully saturated rings. The van der Waals surface area contributed by atoms with Crippen molar-refractivity contribution in [3.63, 3.8) is 0 Å². The number of likely N-dealkylation sites (N-methyl/N-ethyl adjacent to an activating group) is 2. The second-order valence-electron chi connectivity index (χ2n) is 30.5. The number of phenols is 2. The molecule has 2 aliphatic carbocycles. The van der Waals surface area contributed by atoms with Gasteiger partial charge in [-0.3, -0.25) is 52.7 Å². The van der Waals surface area contributed by atoms with Gasteiger partial charge in [-0.25, -0.2) is 0 Å². The lowest BCUT2D eigenvalue weighted by molar-refractivity contribution is -0.288. The third-order valence-corrected chi connectivity index (χ3v) is 22.6. The van der Waals surface area contributed by atoms with E-state index in [0.29, 0.717) is 39.1 Å². The highest BCUT2D eigenvalue weighted by molar-refractivity contribution is 5.97. The summed E-state index contributed by atoms with van der Waals surface area (Å²) in [5, 5.41) is 111. The lowest BCUT2D eigenvalue weighted by Crippen LogP contribution is -2.63. The van der Waals surface area contributed by atoms with E-state index in [1.54, 1.807) is 36.4 Å². The molecule has 17 N–H and O–H groups in total. The molecule has 0 aromatic heterocycles. The highest BCUT2D eigenvalue weighted by Crippen LogP contribution is 2.59. The Balaban J connectivity index is 0.000000228. The number of aliphatic hydroxyl groups excluding tert-OH is 6. The first-order valence-corrected chi connectivity index (χ1v) is 39.6. The molecule has 0 bridgehead atoms. The van der Waals surface area contributed by atoms with E-state index >= 15 is 0 Å². The summed E-state index contributed by atoms with van der Waals surface area (Å²) >= 11 is 0. The molecular formula is C82H99N9O33. The zero-order valence-electron chi connectivity index (χ0n) is 68.6. The summed E-state index contributed by atoms with van der Waals surface area (Å²) in [5.74, 6) is -9.30. The first kappa shape index (κ1) is 91.1. The van der Waals surface area contributed by atoms with Crippen LogP contribution in [0.2, 0.25) is 0 Å². The molecule has 42 nitrogen and oxygen atoms in total. The number of cyclic esters (lactones) is 2. The number of hydrogen-bond donors (Lipinski definition) is 17. The molecular weight excluding hydrogens is 1640 g/mol. The Hall–Kier alpha value is -12.1. The van der Waals surface area contributed by atoms with Crippen molar-refractivity contribution in [3.8, 4) is 69.0 Å². The topological polar surface area (TPSA) is 587 Å². The number of amides is 7. The number of aliphatic hydroxyl groups is 6. The quantitative estimate of drug-likeness (QED) is 0.0200. The SMILES string of the molecule is CNC(CCC(=O)NCC(C)=O)C(=O)NCC(=O)NC1C(O)OC(Oc2c3c(cc4c2OCO4)C(c2cc(OC)c(O)c(OC)c2)C2C(=O)OCC2C3)C(O)C1CO.CNC(CCC(=O)NCC(C)=O)C(=O)NCC(=O)Nc1ccc(NC(=O)C2OC(Oc3c4c(cc5c3OCO5)C(c3cc(OC)c(O)c(OC)c3)C3C(=O)OCC3C4)C(O)C(O)C2O)cc1. The standard InChI is InChI=1S/C44H51N5O17.C38H48N4O16/c1-19(50)15-46-30(51)10-9-26(45-2)41(57)47-16-31(52)48-22-5-7-23(8-6-22)49-42(58)40-36(55)35(54)37(56)44(66-40)65-38-25-11-21-17-62-43(59)33(21)32(24(25)14-29-39(38)64-18-63-29)20-12-27(60-3)34(53)28(13-20)61-4;1-16(44)11-40-26(45)6-5-22(39-2)35(49)41-12-27(46)42-30-21(13-43)31(47)38(58-37(30)51)57-33-20-7-18-14-54-36(50)29(18)28(19(20)10-25-34(33)56-15-55-25)17-8-23(52-3)32(48)24(9-17)53-4/h5-8,12-14,21,26,32-33,35-37,40,44-45,53-56H,9-11,15-18H2,1-4H3,(H,46,51)(H,47,57)(H,48,52)(H,49,58);8-10,18,21-22,28-31,37-39,43,47-48,51H,5-7,11-15H2,1-4H3,(H,40,45)(H,41,49)(H,42,46). The molecule has 0 spiro atoms. The van der Waals surface area contributed by atoms with Crippen LogP contribution in [0.4, 0.5) is 11.4 Å². The van der Waals surface area contributed by atoms with Gasteiger partial charge >= 0.3 is 11.9 Å². The van der Waals surface area contributed by atoms with Gasteiger partial charge in [0.05, 0.1) is 104 Å². The molecule has 18 unspecified atom stereocenters. The van der Waals surface area contributed by atoms with E-state index < -0.39 is 170 Å². The minimum absolute atomic E-state index is 0.0217. The number of rotatable bonds is 33. The van der Waals surface area contributed by atoms with Crippen molar-refractivity contribution in [3.05, 3.63) is 94.0 Å². The number of ether oxygens (including phenoxy) is 14. The molecule has 6 aliphatic heterocycles. The molecule has 124 heavy (non-hydrogen) atoms. The first-order chi connectivity index (χ1) is 59.4. The molecule has 5 aromatic rings. The molecule has 0 saturated carbocycles. The number of fused-ring (bicyclic) bond motifs is 6. The van der Waals surface area contributed by atoms with Crippen molar-refractivity contribution in [2.24, 2.45) is 29.6 Å². The number of esters is 2. The maximum absolute atomic E-state index is 13.6. The van der Waals surface area contributed by atoms with Gasteiger partial charge in [-0.1, -0.05) is 0 Å². The number of Topliss-reactive ketones (excluding diaryl/α,β-unsaturated/α-hetero) is 2. The number of nitrogens with one attached hydrogen (secondary N) is 9. The average molecular weight is 1740 g/mol. The second-order valence-corrected chi connectivity index (χ2v) is 30.5. The van der Waals surface area contributed by atoms with Crippen LogP contribution in [-0.4, -0.2) is 275 Å². The summed E-state index contributed by atoms with van der Waals surface area (Å²) < 4.78 is 80.2. The van der Waals surface area contributed by atoms with Crippen LogP contribution in [0, 0.1) is 29.6 Å². The average Bonchev–Trinajstić information content (AvgIpc) is 1.49. The van der Waals surface area contributed by atoms with Gasteiger partial charge < -0.3 is 155 Å². The summed E-state index contributed by atoms with van der Waals surface area (Å²) in [5.41, 5.74) is 3.81. The summed E-state index contributed by atoms with van der Waals surface area (Å²) in [6.07, 6.45) is -13.7. The van der Waals surface area contributed by atoms with Gasteiger partial charge in [-0.2, -0.15) is 0 Å². The van der Waals surface area contributed by atoms with Gasteiger partial charge in [0.15, 0.2) is 58.4 Å². The van der Waals surface area contributed by atoms with Gasteiger partial charge in [-0.05, 0) is 137 Å². The number of aromatic hydroxyl groups is 2. The number of anilines is 2. The van der Waals surface area contributed by atoms with Crippen LogP contribution in [0.3, 0.4) is 0 Å². The Morgan fingerprint density at radius 1 is 0.500 bits per heavy atom. The predicted octanol–water partition coefficient (Wildman–Crippen LogP) is -2.12. The fourth-order valence-electron chi connectivity index (χ4n) is 16.3. The van der Waals surface area contributed by atoms with Crippen molar-refractivity contribution < 1.29 is 160 Å². The van der Waals surface area contributed by atoms with Crippen molar-refractivity contribution in [2.75, 3.05) is 113 Å². The van der Waals surface area contributed by atoms with Crippen LogP contribution in [0.1, 0.15) is 84.7 Å². The Labute approximate surface area is 707 Å². The van der Waals surface area contributed by atoms with E-state index in [1.807, 2.05) is 0 Å². The molecule has 5 aromatic carbocycles. The Bertz CT molecular complexity index is 4810. The largest absolute Gasteiger partial charge is 0.502 e. The van der Waals surface area contributed by atoms with Crippen LogP contribution in [-0.2, 0) is 84.5 Å². The summed E-state index contributed by atoms with van der Waals surface area (Å²) in [6, 6.07) is 12.6. The van der Waals surface area contributed by atoms with Gasteiger partial charge in [0.2, 0.25) is 84.6 Å². The molecule has 18 atom stereocenters. The predicted molar refractivity (Wildman–Crippen MR) is 423 cm³/mol. The summed E-state index contributed by atoms with van der Waals surface area (Å²) in [4.78, 5) is 137. The van der Waals surface area contributed by atoms with E-state index in [1.165, 1.54) is 80.6 Å². The Kier molecular flexibility index (Phi) is 29.4. The van der Waals surface area contributed by atoms with Gasteiger partial charge in [-0.15, -0.1) is 0 Å². The van der Waals surface area contributed by atoms with Crippen molar-refractivity contribution in [1.29, 1.82) is 0 Å². The van der Waals surface area contributed by atoms with Gasteiger partial charge in [0.25, 0.3) is 5.91 Å². The van der Waals surface area contributed by atoms with Crippen LogP contribution < -0.4 is 95.2 Å². The van der Waals surface area contributed by atoms with Crippen molar-refractivity contribution in [1.82, 2.24) is 37.2 Å². The normalized spacial score (nSPS) is 25.0. The van der Waals surface area contributed by atoms with Crippen LogP contribution in [0.25, 0.3) is 0 Å².